The highest BCUT2D eigenvalue weighted by Crippen LogP contribution is 2.45. The van der Waals surface area contributed by atoms with Crippen LogP contribution in [0.1, 0.15) is 52.4 Å². The van der Waals surface area contributed by atoms with Crippen molar-refractivity contribution in [2.45, 2.75) is 75.2 Å². The molecule has 3 aliphatic heterocycles. The van der Waals surface area contributed by atoms with Crippen LogP contribution in [0.15, 0.2) is 41.4 Å². The molecule has 4 aliphatic rings. The highest BCUT2D eigenvalue weighted by atomic mass is 35.5. The maximum Gasteiger partial charge on any atom is 0.281 e. The molecule has 4 fully saturated rings. The summed E-state index contributed by atoms with van der Waals surface area (Å²) < 4.78 is 40.9. The molecular weight excluding hydrogens is 540 g/mol. The molecule has 1 amide bonds. The average molecular weight is 575 g/mol. The van der Waals surface area contributed by atoms with Gasteiger partial charge in [0, 0.05) is 50.1 Å². The first-order valence-corrected chi connectivity index (χ1v) is 15.6. The van der Waals surface area contributed by atoms with Crippen molar-refractivity contribution in [3.8, 4) is 5.75 Å². The molecule has 0 spiro atoms. The zero-order valence-electron chi connectivity index (χ0n) is 22.4. The van der Waals surface area contributed by atoms with E-state index in [2.05, 4.69) is 33.4 Å². The van der Waals surface area contributed by atoms with Crippen molar-refractivity contribution >= 4 is 39.0 Å². The maximum atomic E-state index is 13.3. The van der Waals surface area contributed by atoms with Crippen LogP contribution >= 0.6 is 11.6 Å². The molecule has 9 nitrogen and oxygen atoms in total. The van der Waals surface area contributed by atoms with Crippen molar-refractivity contribution in [3.63, 3.8) is 0 Å². The van der Waals surface area contributed by atoms with Crippen LogP contribution in [-0.4, -0.2) is 63.3 Å². The van der Waals surface area contributed by atoms with Gasteiger partial charge in [-0.05, 0) is 55.4 Å². The third-order valence-corrected chi connectivity index (χ3v) is 9.85. The standard InChI is InChI=1S/C28H35ClN4O5S/c1-27(2)12-14-32(15-13-27)22-9-6-19(29)16-23(22)38-28(10-11-28)26(34)31-39(35,36)25-5-3-4-24(30-25)33-17-20-7-8-21(18-33)37-20/h3-6,9,16,20-21H,7-8,10-15,17-18H2,1-2H3,(H,31,34). The number of sulfonamides is 1. The van der Waals surface area contributed by atoms with Gasteiger partial charge >= 0.3 is 0 Å². The van der Waals surface area contributed by atoms with Crippen molar-refractivity contribution in [2.24, 2.45) is 5.41 Å². The molecule has 1 N–H and O–H groups in total. The Kier molecular flexibility index (Phi) is 6.71. The first kappa shape index (κ1) is 26.7. The smallest absolute Gasteiger partial charge is 0.281 e. The number of nitrogens with one attached hydrogen (secondary N) is 1. The van der Waals surface area contributed by atoms with Gasteiger partial charge in [-0.25, -0.2) is 9.71 Å². The molecule has 1 saturated carbocycles. The number of piperidine rings is 1. The number of carbonyl (C=O) groups excluding carboxylic acids is 1. The van der Waals surface area contributed by atoms with Gasteiger partial charge in [0.15, 0.2) is 10.6 Å². The largest absolute Gasteiger partial charge is 0.475 e. The van der Waals surface area contributed by atoms with E-state index in [4.69, 9.17) is 21.1 Å². The van der Waals surface area contributed by atoms with Gasteiger partial charge in [-0.2, -0.15) is 8.42 Å². The molecule has 1 aromatic heterocycles. The normalized spacial score (nSPS) is 25.3. The molecule has 1 aromatic carbocycles. The van der Waals surface area contributed by atoms with E-state index < -0.39 is 21.5 Å². The Hall–Kier alpha value is -2.56. The lowest BCUT2D eigenvalue weighted by molar-refractivity contribution is -0.127. The van der Waals surface area contributed by atoms with Crippen LogP contribution in [0.4, 0.5) is 11.5 Å². The van der Waals surface area contributed by atoms with Gasteiger partial charge in [0.05, 0.1) is 17.9 Å². The number of hydrogen-bond acceptors (Lipinski definition) is 8. The number of carbonyl (C=O) groups is 1. The molecule has 2 aromatic rings. The minimum Gasteiger partial charge on any atom is -0.475 e. The van der Waals surface area contributed by atoms with E-state index in [9.17, 15) is 13.2 Å². The summed E-state index contributed by atoms with van der Waals surface area (Å²) >= 11 is 6.30. The number of anilines is 2. The van der Waals surface area contributed by atoms with Crippen molar-refractivity contribution < 1.29 is 22.7 Å². The quantitative estimate of drug-likeness (QED) is 0.526. The molecule has 210 valence electrons. The van der Waals surface area contributed by atoms with Crippen molar-refractivity contribution in [1.29, 1.82) is 0 Å². The van der Waals surface area contributed by atoms with E-state index in [-0.39, 0.29) is 22.6 Å². The van der Waals surface area contributed by atoms with Crippen LogP contribution in [0.2, 0.25) is 5.02 Å². The van der Waals surface area contributed by atoms with Crippen LogP contribution in [0.25, 0.3) is 0 Å². The van der Waals surface area contributed by atoms with E-state index in [1.807, 2.05) is 12.1 Å². The summed E-state index contributed by atoms with van der Waals surface area (Å²) in [5, 5.41) is 0.301. The van der Waals surface area contributed by atoms with Gasteiger partial charge in [0.25, 0.3) is 15.9 Å². The number of fused-ring (bicyclic) bond motifs is 2. The maximum absolute atomic E-state index is 13.3. The van der Waals surface area contributed by atoms with Gasteiger partial charge in [0.2, 0.25) is 0 Å². The molecule has 2 atom stereocenters. The fraction of sp³-hybridized carbons (Fsp3) is 0.571. The Morgan fingerprint density at radius 1 is 1.05 bits per heavy atom. The second-order valence-corrected chi connectivity index (χ2v) is 14.1. The molecule has 3 saturated heterocycles. The van der Waals surface area contributed by atoms with Crippen molar-refractivity contribution in [1.82, 2.24) is 9.71 Å². The molecule has 2 bridgehead atoms. The molecule has 4 heterocycles. The number of pyridine rings is 1. The number of aromatic nitrogens is 1. The highest BCUT2D eigenvalue weighted by Gasteiger charge is 2.54. The third kappa shape index (κ3) is 5.56. The number of hydrogen-bond donors (Lipinski definition) is 1. The van der Waals surface area contributed by atoms with Gasteiger partial charge in [0.1, 0.15) is 11.6 Å². The van der Waals surface area contributed by atoms with Gasteiger partial charge in [-0.3, -0.25) is 4.79 Å². The number of amides is 1. The summed E-state index contributed by atoms with van der Waals surface area (Å²) in [4.78, 5) is 22.0. The first-order valence-electron chi connectivity index (χ1n) is 13.7. The SMILES string of the molecule is CC1(C)CCN(c2ccc(Cl)cc2OC2(C(=O)NS(=O)(=O)c3cccc(N4CC5CCC(C4)O5)n3)CC2)CC1. The summed E-state index contributed by atoms with van der Waals surface area (Å²) in [6.45, 7) is 7.61. The summed E-state index contributed by atoms with van der Waals surface area (Å²) in [6, 6.07) is 10.3. The molecular formula is C28H35ClN4O5S. The Morgan fingerprint density at radius 3 is 2.41 bits per heavy atom. The number of morpholine rings is 1. The average Bonchev–Trinajstić information content (AvgIpc) is 3.61. The Labute approximate surface area is 234 Å². The van der Waals surface area contributed by atoms with Crippen molar-refractivity contribution in [3.05, 3.63) is 41.4 Å². The summed E-state index contributed by atoms with van der Waals surface area (Å²) in [5.74, 6) is 0.371. The van der Waals surface area contributed by atoms with Crippen LogP contribution in [0, 0.1) is 5.41 Å². The lowest BCUT2D eigenvalue weighted by Crippen LogP contribution is -2.44. The summed E-state index contributed by atoms with van der Waals surface area (Å²) in [5.41, 5.74) is -0.115. The predicted octanol–water partition coefficient (Wildman–Crippen LogP) is 4.15. The minimum atomic E-state index is -4.20. The minimum absolute atomic E-state index is 0.144. The molecule has 6 rings (SSSR count). The zero-order chi connectivity index (χ0) is 27.4. The molecule has 2 unspecified atom stereocenters. The lowest BCUT2D eigenvalue weighted by Gasteiger charge is -2.39. The number of halogens is 1. The fourth-order valence-electron chi connectivity index (χ4n) is 5.68. The van der Waals surface area contributed by atoms with Crippen molar-refractivity contribution in [2.75, 3.05) is 36.0 Å². The van der Waals surface area contributed by atoms with Gasteiger partial charge in [-0.1, -0.05) is 31.5 Å². The zero-order valence-corrected chi connectivity index (χ0v) is 23.9. The summed E-state index contributed by atoms with van der Waals surface area (Å²) in [7, 11) is -4.20. The molecule has 1 aliphatic carbocycles. The van der Waals surface area contributed by atoms with Crippen LogP contribution in [0.3, 0.4) is 0 Å². The van der Waals surface area contributed by atoms with E-state index in [1.165, 1.54) is 6.07 Å². The number of benzene rings is 1. The van der Waals surface area contributed by atoms with E-state index in [0.717, 1.165) is 44.5 Å². The van der Waals surface area contributed by atoms with Crippen LogP contribution in [-0.2, 0) is 19.6 Å². The Balaban J connectivity index is 1.17. The molecule has 0 radical (unpaired) electrons. The second kappa shape index (κ2) is 9.82. The highest BCUT2D eigenvalue weighted by molar-refractivity contribution is 7.90. The lowest BCUT2D eigenvalue weighted by atomic mass is 9.82. The van der Waals surface area contributed by atoms with Crippen LogP contribution < -0.4 is 19.3 Å². The topological polar surface area (TPSA) is 101 Å². The van der Waals surface area contributed by atoms with Gasteiger partial charge in [-0.15, -0.1) is 0 Å². The summed E-state index contributed by atoms with van der Waals surface area (Å²) in [6.07, 6.45) is 5.20. The predicted molar refractivity (Wildman–Crippen MR) is 149 cm³/mol. The number of ether oxygens (including phenoxy) is 2. The van der Waals surface area contributed by atoms with Gasteiger partial charge < -0.3 is 19.3 Å². The number of rotatable bonds is 7. The number of nitrogens with zero attached hydrogens (tertiary/aromatic N) is 3. The van der Waals surface area contributed by atoms with E-state index in [1.54, 1.807) is 18.2 Å². The fourth-order valence-corrected chi connectivity index (χ4v) is 6.85. The van der Waals surface area contributed by atoms with E-state index in [0.29, 0.717) is 42.5 Å². The Morgan fingerprint density at radius 2 is 1.74 bits per heavy atom. The second-order valence-electron chi connectivity index (χ2n) is 12.0. The van der Waals surface area contributed by atoms with Crippen LogP contribution in [0.5, 0.6) is 5.75 Å². The molecule has 11 heteroatoms. The molecule has 39 heavy (non-hydrogen) atoms. The Bertz CT molecular complexity index is 1360. The van der Waals surface area contributed by atoms with E-state index >= 15 is 0 Å². The monoisotopic (exact) mass is 574 g/mol. The first-order chi connectivity index (χ1) is 18.5. The third-order valence-electron chi connectivity index (χ3n) is 8.38.